The van der Waals surface area contributed by atoms with Gasteiger partial charge in [0.25, 0.3) is 0 Å². The van der Waals surface area contributed by atoms with Crippen LogP contribution in [0, 0.1) is 11.3 Å². The molecule has 1 aliphatic rings. The van der Waals surface area contributed by atoms with Crippen molar-refractivity contribution in [2.45, 2.75) is 6.04 Å². The van der Waals surface area contributed by atoms with Gasteiger partial charge in [0.15, 0.2) is 0 Å². The van der Waals surface area contributed by atoms with Gasteiger partial charge in [-0.15, -0.1) is 0 Å². The third-order valence-electron chi connectivity index (χ3n) is 3.14. The van der Waals surface area contributed by atoms with Crippen LogP contribution in [0.2, 0.25) is 0 Å². The van der Waals surface area contributed by atoms with E-state index in [2.05, 4.69) is 32.2 Å². The fourth-order valence-electron chi connectivity index (χ4n) is 2.14. The molecule has 1 fully saturated rings. The molecule has 0 aromatic heterocycles. The third-order valence-corrected chi connectivity index (χ3v) is 3.83. The summed E-state index contributed by atoms with van der Waals surface area (Å²) in [5.74, 6) is 0.794. The van der Waals surface area contributed by atoms with E-state index in [9.17, 15) is 5.26 Å². The third kappa shape index (κ3) is 2.83. The summed E-state index contributed by atoms with van der Waals surface area (Å²) in [5.41, 5.74) is 1.00. The summed E-state index contributed by atoms with van der Waals surface area (Å²) < 4.78 is 6.10. The van der Waals surface area contributed by atoms with Crippen LogP contribution in [-0.4, -0.2) is 38.2 Å². The molecule has 1 heterocycles. The van der Waals surface area contributed by atoms with E-state index in [4.69, 9.17) is 4.74 Å². The minimum atomic E-state index is -0.201. The van der Waals surface area contributed by atoms with Crippen molar-refractivity contribution in [2.24, 2.45) is 0 Å². The van der Waals surface area contributed by atoms with E-state index in [-0.39, 0.29) is 6.04 Å². The number of nitrogens with zero attached hydrogens (tertiary/aromatic N) is 2. The lowest BCUT2D eigenvalue weighted by molar-refractivity contribution is 0.207. The summed E-state index contributed by atoms with van der Waals surface area (Å²) >= 11 is 3.52. The number of hydrogen-bond donors (Lipinski definition) is 1. The number of benzene rings is 1. The maximum absolute atomic E-state index is 9.42. The molecule has 2 rings (SSSR count). The van der Waals surface area contributed by atoms with Crippen molar-refractivity contribution in [1.29, 1.82) is 5.26 Å². The molecular formula is C13H16BrN3O. The van der Waals surface area contributed by atoms with Gasteiger partial charge in [0, 0.05) is 30.7 Å². The first-order valence-electron chi connectivity index (χ1n) is 5.94. The molecule has 0 radical (unpaired) electrons. The zero-order valence-corrected chi connectivity index (χ0v) is 11.9. The van der Waals surface area contributed by atoms with E-state index < -0.39 is 0 Å². The molecule has 5 heteroatoms. The Morgan fingerprint density at radius 3 is 2.72 bits per heavy atom. The van der Waals surface area contributed by atoms with Crippen LogP contribution in [-0.2, 0) is 0 Å². The molecule has 1 aliphatic heterocycles. The van der Waals surface area contributed by atoms with Crippen molar-refractivity contribution in [3.63, 3.8) is 0 Å². The Balaban J connectivity index is 2.24. The smallest absolute Gasteiger partial charge is 0.125 e. The van der Waals surface area contributed by atoms with Crippen molar-refractivity contribution >= 4 is 15.9 Å². The van der Waals surface area contributed by atoms with E-state index in [1.54, 1.807) is 7.11 Å². The molecule has 1 saturated heterocycles. The average molecular weight is 310 g/mol. The summed E-state index contributed by atoms with van der Waals surface area (Å²) in [7, 11) is 1.64. The van der Waals surface area contributed by atoms with Gasteiger partial charge < -0.3 is 10.1 Å². The summed E-state index contributed by atoms with van der Waals surface area (Å²) in [4.78, 5) is 2.20. The van der Waals surface area contributed by atoms with Gasteiger partial charge in [-0.05, 0) is 17.7 Å². The molecule has 1 atom stereocenters. The predicted molar refractivity (Wildman–Crippen MR) is 73.5 cm³/mol. The van der Waals surface area contributed by atoms with Crippen LogP contribution in [0.1, 0.15) is 11.6 Å². The zero-order chi connectivity index (χ0) is 13.0. The molecule has 96 valence electrons. The van der Waals surface area contributed by atoms with Gasteiger partial charge in [0.1, 0.15) is 11.8 Å². The fraction of sp³-hybridized carbons (Fsp3) is 0.462. The monoisotopic (exact) mass is 309 g/mol. The van der Waals surface area contributed by atoms with Crippen molar-refractivity contribution in [3.05, 3.63) is 28.2 Å². The van der Waals surface area contributed by atoms with Crippen LogP contribution >= 0.6 is 15.9 Å². The maximum Gasteiger partial charge on any atom is 0.125 e. The van der Waals surface area contributed by atoms with Crippen molar-refractivity contribution in [2.75, 3.05) is 33.3 Å². The predicted octanol–water partition coefficient (Wildman–Crippen LogP) is 1.93. The van der Waals surface area contributed by atoms with Crippen molar-refractivity contribution < 1.29 is 4.74 Å². The van der Waals surface area contributed by atoms with Crippen LogP contribution in [0.5, 0.6) is 5.75 Å². The number of rotatable bonds is 3. The minimum absolute atomic E-state index is 0.201. The molecule has 0 spiro atoms. The van der Waals surface area contributed by atoms with Crippen LogP contribution in [0.15, 0.2) is 22.7 Å². The maximum atomic E-state index is 9.42. The summed E-state index contributed by atoms with van der Waals surface area (Å²) in [6.07, 6.45) is 0. The van der Waals surface area contributed by atoms with E-state index in [0.717, 1.165) is 42.0 Å². The van der Waals surface area contributed by atoms with Gasteiger partial charge in [0.2, 0.25) is 0 Å². The van der Waals surface area contributed by atoms with E-state index in [0.29, 0.717) is 0 Å². The quantitative estimate of drug-likeness (QED) is 0.927. The van der Waals surface area contributed by atoms with Gasteiger partial charge in [-0.1, -0.05) is 22.0 Å². The Bertz CT molecular complexity index is 452. The number of methoxy groups -OCH3 is 1. The van der Waals surface area contributed by atoms with E-state index >= 15 is 0 Å². The lowest BCUT2D eigenvalue weighted by Gasteiger charge is -2.31. The normalized spacial score (nSPS) is 18.1. The van der Waals surface area contributed by atoms with E-state index in [1.807, 2.05) is 18.2 Å². The Kier molecular flexibility index (Phi) is 4.59. The first-order chi connectivity index (χ1) is 8.76. The molecule has 1 unspecified atom stereocenters. The number of ether oxygens (including phenoxy) is 1. The number of hydrogen-bond acceptors (Lipinski definition) is 4. The standard InChI is InChI=1S/C13H16BrN3O/c1-18-10-2-3-11(12(14)8-10)13(9-15)17-6-4-16-5-7-17/h2-3,8,13,16H,4-7H2,1H3. The molecule has 1 aromatic carbocycles. The van der Waals surface area contributed by atoms with Crippen LogP contribution in [0.3, 0.4) is 0 Å². The number of halogens is 1. The number of nitrogens with one attached hydrogen (secondary N) is 1. The highest BCUT2D eigenvalue weighted by Crippen LogP contribution is 2.30. The Morgan fingerprint density at radius 1 is 1.44 bits per heavy atom. The zero-order valence-electron chi connectivity index (χ0n) is 10.3. The highest BCUT2D eigenvalue weighted by Gasteiger charge is 2.23. The molecule has 0 bridgehead atoms. The second kappa shape index (κ2) is 6.19. The summed E-state index contributed by atoms with van der Waals surface area (Å²) in [5, 5.41) is 12.7. The lowest BCUT2D eigenvalue weighted by atomic mass is 10.1. The second-order valence-corrected chi connectivity index (χ2v) is 5.06. The van der Waals surface area contributed by atoms with E-state index in [1.165, 1.54) is 0 Å². The SMILES string of the molecule is COc1ccc(C(C#N)N2CCNCC2)c(Br)c1. The second-order valence-electron chi connectivity index (χ2n) is 4.21. The van der Waals surface area contributed by atoms with Crippen molar-refractivity contribution in [3.8, 4) is 11.8 Å². The molecule has 0 aliphatic carbocycles. The number of piperazine rings is 1. The Labute approximate surface area is 116 Å². The van der Waals surface area contributed by atoms with Gasteiger partial charge in [-0.3, -0.25) is 4.90 Å². The average Bonchev–Trinajstić information content (AvgIpc) is 2.42. The lowest BCUT2D eigenvalue weighted by Crippen LogP contribution is -2.44. The highest BCUT2D eigenvalue weighted by atomic mass is 79.9. The summed E-state index contributed by atoms with van der Waals surface area (Å²) in [6.45, 7) is 3.67. The molecule has 0 amide bonds. The topological polar surface area (TPSA) is 48.3 Å². The van der Waals surface area contributed by atoms with Gasteiger partial charge in [-0.25, -0.2) is 0 Å². The van der Waals surface area contributed by atoms with Crippen LogP contribution in [0.4, 0.5) is 0 Å². The van der Waals surface area contributed by atoms with Gasteiger partial charge >= 0.3 is 0 Å². The molecule has 1 N–H and O–H groups in total. The van der Waals surface area contributed by atoms with Crippen molar-refractivity contribution in [1.82, 2.24) is 10.2 Å². The van der Waals surface area contributed by atoms with Crippen LogP contribution in [0.25, 0.3) is 0 Å². The Hall–Kier alpha value is -1.09. The Morgan fingerprint density at radius 2 is 2.17 bits per heavy atom. The van der Waals surface area contributed by atoms with Crippen LogP contribution < -0.4 is 10.1 Å². The first-order valence-corrected chi connectivity index (χ1v) is 6.73. The summed E-state index contributed by atoms with van der Waals surface area (Å²) in [6, 6.07) is 7.95. The van der Waals surface area contributed by atoms with Gasteiger partial charge in [-0.2, -0.15) is 5.26 Å². The molecule has 0 saturated carbocycles. The first kappa shape index (κ1) is 13.3. The molecule has 1 aromatic rings. The largest absolute Gasteiger partial charge is 0.497 e. The fourth-order valence-corrected chi connectivity index (χ4v) is 2.72. The molecule has 4 nitrogen and oxygen atoms in total. The number of nitriles is 1. The molecule has 18 heavy (non-hydrogen) atoms. The highest BCUT2D eigenvalue weighted by molar-refractivity contribution is 9.10. The molecular weight excluding hydrogens is 294 g/mol. The van der Waals surface area contributed by atoms with Gasteiger partial charge in [0.05, 0.1) is 13.2 Å². The minimum Gasteiger partial charge on any atom is -0.497 e.